The van der Waals surface area contributed by atoms with Gasteiger partial charge in [-0.3, -0.25) is 9.78 Å². The predicted molar refractivity (Wildman–Crippen MR) is 151 cm³/mol. The zero-order valence-electron chi connectivity index (χ0n) is 21.4. The summed E-state index contributed by atoms with van der Waals surface area (Å²) in [5.74, 6) is 2.82. The molecule has 0 aliphatic carbocycles. The van der Waals surface area contributed by atoms with E-state index in [9.17, 15) is 9.90 Å². The lowest BCUT2D eigenvalue weighted by atomic mass is 10.1. The number of ether oxygens (including phenoxy) is 2. The third kappa shape index (κ3) is 6.00. The van der Waals surface area contributed by atoms with Crippen LogP contribution < -0.4 is 19.7 Å². The molecule has 2 atom stereocenters. The maximum atomic E-state index is 11.4. The fourth-order valence-corrected chi connectivity index (χ4v) is 4.77. The number of hydrogen-bond acceptors (Lipinski definition) is 7. The molecule has 8 nitrogen and oxygen atoms in total. The number of H-pyrrole nitrogens is 2. The molecule has 0 aliphatic heterocycles. The topological polar surface area (TPSA) is 112 Å². The predicted octanol–water partition coefficient (Wildman–Crippen LogP) is 6.75. The van der Waals surface area contributed by atoms with Crippen LogP contribution in [0.4, 0.5) is 5.69 Å². The van der Waals surface area contributed by atoms with Gasteiger partial charge < -0.3 is 24.9 Å². The van der Waals surface area contributed by atoms with E-state index < -0.39 is 0 Å². The van der Waals surface area contributed by atoms with Crippen molar-refractivity contribution in [1.29, 1.82) is 0 Å². The Hall–Kier alpha value is -4.24. The van der Waals surface area contributed by atoms with Gasteiger partial charge in [0.05, 0.1) is 15.9 Å². The van der Waals surface area contributed by atoms with Crippen molar-refractivity contribution in [2.24, 2.45) is 0 Å². The minimum Gasteiger partial charge on any atom is -0.494 e. The molecule has 0 saturated carbocycles. The number of hydrogen-bond donors (Lipinski definition) is 4. The van der Waals surface area contributed by atoms with Gasteiger partial charge >= 0.3 is 4.87 Å². The lowest BCUT2D eigenvalue weighted by Crippen LogP contribution is -2.12. The zero-order chi connectivity index (χ0) is 26.6. The van der Waals surface area contributed by atoms with Gasteiger partial charge in [-0.15, -0.1) is 0 Å². The Balaban J connectivity index is 1.22. The summed E-state index contributed by atoms with van der Waals surface area (Å²) in [6, 6.07) is 21.7. The number of aromatic hydroxyl groups is 1. The van der Waals surface area contributed by atoms with Gasteiger partial charge in [-0.05, 0) is 74.4 Å². The first kappa shape index (κ1) is 25.4. The van der Waals surface area contributed by atoms with E-state index in [1.807, 2.05) is 73.7 Å². The second-order valence-electron chi connectivity index (χ2n) is 9.25. The largest absolute Gasteiger partial charge is 0.494 e. The lowest BCUT2D eigenvalue weighted by Gasteiger charge is -2.13. The van der Waals surface area contributed by atoms with E-state index in [-0.39, 0.29) is 16.9 Å². The Kier molecular flexibility index (Phi) is 7.37. The van der Waals surface area contributed by atoms with Crippen LogP contribution in [-0.2, 0) is 6.42 Å². The molecular formula is C29H30N4O4S. The van der Waals surface area contributed by atoms with Crippen molar-refractivity contribution in [1.82, 2.24) is 15.0 Å². The zero-order valence-corrected chi connectivity index (χ0v) is 22.3. The molecule has 0 radical (unpaired) electrons. The number of nitrogens with one attached hydrogen (secondary N) is 3. The average molecular weight is 531 g/mol. The van der Waals surface area contributed by atoms with Crippen molar-refractivity contribution in [3.05, 3.63) is 92.7 Å². The molecule has 2 aromatic heterocycles. The number of benzene rings is 3. The summed E-state index contributed by atoms with van der Waals surface area (Å²) in [4.78, 5) is 22.2. The molecule has 0 aliphatic rings. The van der Waals surface area contributed by atoms with E-state index in [1.54, 1.807) is 0 Å². The van der Waals surface area contributed by atoms with Crippen LogP contribution in [0, 0.1) is 0 Å². The Morgan fingerprint density at radius 3 is 2.37 bits per heavy atom. The van der Waals surface area contributed by atoms with Crippen molar-refractivity contribution in [2.45, 2.75) is 45.8 Å². The Bertz CT molecular complexity index is 1570. The van der Waals surface area contributed by atoms with E-state index in [0.717, 1.165) is 51.5 Å². The van der Waals surface area contributed by atoms with Gasteiger partial charge in [-0.25, -0.2) is 4.98 Å². The molecular weight excluding hydrogens is 500 g/mol. The molecule has 0 bridgehead atoms. The van der Waals surface area contributed by atoms with Crippen molar-refractivity contribution in [3.63, 3.8) is 0 Å². The fourth-order valence-electron chi connectivity index (χ4n) is 4.01. The van der Waals surface area contributed by atoms with Crippen molar-refractivity contribution >= 4 is 28.1 Å². The number of imidazole rings is 1. The Morgan fingerprint density at radius 2 is 1.68 bits per heavy atom. The van der Waals surface area contributed by atoms with Crippen LogP contribution in [0.3, 0.4) is 0 Å². The summed E-state index contributed by atoms with van der Waals surface area (Å²) in [6.07, 6.45) is 1.23. The first-order valence-electron chi connectivity index (χ1n) is 12.6. The average Bonchev–Trinajstić information content (AvgIpc) is 3.48. The number of fused-ring (bicyclic) bond motifs is 1. The minimum atomic E-state index is -0.304. The summed E-state index contributed by atoms with van der Waals surface area (Å²) < 4.78 is 12.2. The van der Waals surface area contributed by atoms with Gasteiger partial charge in [0.2, 0.25) is 5.88 Å². The molecule has 5 rings (SSSR count). The molecule has 5 aromatic rings. The highest BCUT2D eigenvalue weighted by atomic mass is 32.1. The summed E-state index contributed by atoms with van der Waals surface area (Å²) in [5.41, 5.74) is 3.73. The molecule has 0 spiro atoms. The van der Waals surface area contributed by atoms with Crippen molar-refractivity contribution < 1.29 is 14.6 Å². The molecule has 9 heteroatoms. The molecule has 0 fully saturated rings. The quantitative estimate of drug-likeness (QED) is 0.159. The first-order valence-corrected chi connectivity index (χ1v) is 13.4. The fraction of sp³-hybridized carbons (Fsp3) is 0.241. The van der Waals surface area contributed by atoms with Crippen LogP contribution in [0.15, 0.2) is 71.5 Å². The Morgan fingerprint density at radius 1 is 0.974 bits per heavy atom. The van der Waals surface area contributed by atoms with Crippen LogP contribution in [0.5, 0.6) is 23.1 Å². The van der Waals surface area contributed by atoms with Gasteiger partial charge in [0.25, 0.3) is 0 Å². The molecule has 2 unspecified atom stereocenters. The summed E-state index contributed by atoms with van der Waals surface area (Å²) in [7, 11) is 0. The maximum Gasteiger partial charge on any atom is 0.307 e. The van der Waals surface area contributed by atoms with Crippen molar-refractivity contribution in [3.8, 4) is 23.1 Å². The summed E-state index contributed by atoms with van der Waals surface area (Å²) >= 11 is 1.01. The highest BCUT2D eigenvalue weighted by Crippen LogP contribution is 2.28. The van der Waals surface area contributed by atoms with Gasteiger partial charge in [0, 0.05) is 24.2 Å². The standard InChI is InChI=1S/C29H30N4O4S/c1-4-17(2)30-20-7-11-22(12-8-20)37-23-13-14-24-25(16-23)32-27(31-24)18(3)36-21-9-5-19(6-10-21)15-26-28(34)33-29(35)38-26/h5-14,16-18,30,34H,4,15H2,1-3H3,(H,31,32)(H,33,35). The lowest BCUT2D eigenvalue weighted by molar-refractivity contribution is 0.218. The minimum absolute atomic E-state index is 0.0697. The number of anilines is 1. The summed E-state index contributed by atoms with van der Waals surface area (Å²) in [6.45, 7) is 6.25. The van der Waals surface area contributed by atoms with Crippen LogP contribution >= 0.6 is 11.3 Å². The van der Waals surface area contributed by atoms with Crippen LogP contribution in [0.1, 0.15) is 49.6 Å². The third-order valence-corrected chi connectivity index (χ3v) is 7.15. The monoisotopic (exact) mass is 530 g/mol. The van der Waals surface area contributed by atoms with Crippen LogP contribution in [0.25, 0.3) is 11.0 Å². The van der Waals surface area contributed by atoms with E-state index in [2.05, 4.69) is 34.1 Å². The maximum absolute atomic E-state index is 11.4. The van der Waals surface area contributed by atoms with E-state index in [4.69, 9.17) is 9.47 Å². The molecule has 3 aromatic carbocycles. The smallest absolute Gasteiger partial charge is 0.307 e. The molecule has 38 heavy (non-hydrogen) atoms. The number of rotatable bonds is 10. The SMILES string of the molecule is CCC(C)Nc1ccc(Oc2ccc3nc(C(C)Oc4ccc(Cc5sc(=O)[nH]c5O)cc4)[nH]c3c2)cc1. The highest BCUT2D eigenvalue weighted by molar-refractivity contribution is 7.09. The molecule has 4 N–H and O–H groups in total. The second-order valence-corrected chi connectivity index (χ2v) is 10.3. The van der Waals surface area contributed by atoms with Crippen molar-refractivity contribution in [2.75, 3.05) is 5.32 Å². The normalized spacial score (nSPS) is 12.8. The van der Waals surface area contributed by atoms with Gasteiger partial charge in [-0.1, -0.05) is 30.4 Å². The van der Waals surface area contributed by atoms with Gasteiger partial charge in [0.1, 0.15) is 23.1 Å². The molecule has 0 amide bonds. The van der Waals surface area contributed by atoms with E-state index >= 15 is 0 Å². The van der Waals surface area contributed by atoms with Crippen LogP contribution in [-0.4, -0.2) is 26.1 Å². The van der Waals surface area contributed by atoms with E-state index in [0.29, 0.717) is 28.9 Å². The third-order valence-electron chi connectivity index (χ3n) is 6.27. The van der Waals surface area contributed by atoms with Crippen LogP contribution in [0.2, 0.25) is 0 Å². The molecule has 2 heterocycles. The number of nitrogens with zero attached hydrogens (tertiary/aromatic N) is 1. The first-order chi connectivity index (χ1) is 18.4. The summed E-state index contributed by atoms with van der Waals surface area (Å²) in [5, 5.41) is 13.2. The van der Waals surface area contributed by atoms with Gasteiger partial charge in [0.15, 0.2) is 6.10 Å². The number of aromatic nitrogens is 3. The number of thiazole rings is 1. The molecule has 196 valence electrons. The van der Waals surface area contributed by atoms with Gasteiger partial charge in [-0.2, -0.15) is 0 Å². The van der Waals surface area contributed by atoms with E-state index in [1.165, 1.54) is 0 Å². The second kappa shape index (κ2) is 11.0. The molecule has 0 saturated heterocycles. The highest BCUT2D eigenvalue weighted by Gasteiger charge is 2.14. The Labute approximate surface area is 224 Å². The number of aromatic amines is 2.